The molecule has 2 rings (SSSR count). The Morgan fingerprint density at radius 1 is 1.10 bits per heavy atom. The summed E-state index contributed by atoms with van der Waals surface area (Å²) in [6.45, 7) is 14.5. The van der Waals surface area contributed by atoms with Crippen LogP contribution in [0.25, 0.3) is 0 Å². The van der Waals surface area contributed by atoms with Gasteiger partial charge in [0.1, 0.15) is 22.8 Å². The van der Waals surface area contributed by atoms with Gasteiger partial charge in [-0.15, -0.1) is 0 Å². The number of rotatable bonds is 12. The van der Waals surface area contributed by atoms with E-state index in [0.29, 0.717) is 38.1 Å². The Morgan fingerprint density at radius 3 is 2.31 bits per heavy atom. The first-order valence-electron chi connectivity index (χ1n) is 13.4. The van der Waals surface area contributed by atoms with Crippen LogP contribution >= 0.6 is 0 Å². The Hall–Kier alpha value is -3.42. The van der Waals surface area contributed by atoms with Gasteiger partial charge in [0, 0.05) is 24.1 Å². The zero-order chi connectivity index (χ0) is 29.4. The van der Waals surface area contributed by atoms with Gasteiger partial charge in [0.2, 0.25) is 0 Å². The molecule has 1 amide bonds. The molecule has 0 aliphatic heterocycles. The molecule has 0 aliphatic rings. The highest BCUT2D eigenvalue weighted by Crippen LogP contribution is 2.35. The van der Waals surface area contributed by atoms with Gasteiger partial charge in [0.05, 0.1) is 13.7 Å². The minimum atomic E-state index is -0.836. The van der Waals surface area contributed by atoms with Crippen LogP contribution in [0.3, 0.4) is 0 Å². The maximum atomic E-state index is 13.4. The Bertz CT molecular complexity index is 1200. The van der Waals surface area contributed by atoms with E-state index < -0.39 is 28.8 Å². The van der Waals surface area contributed by atoms with Crippen molar-refractivity contribution in [3.05, 3.63) is 57.6 Å². The van der Waals surface area contributed by atoms with Crippen molar-refractivity contribution in [1.29, 1.82) is 0 Å². The van der Waals surface area contributed by atoms with Gasteiger partial charge >= 0.3 is 11.7 Å². The van der Waals surface area contributed by atoms with E-state index in [1.807, 2.05) is 45.0 Å². The van der Waals surface area contributed by atoms with E-state index in [1.54, 1.807) is 6.92 Å². The third kappa shape index (κ3) is 9.68. The third-order valence-electron chi connectivity index (χ3n) is 6.84. The lowest BCUT2D eigenvalue weighted by Crippen LogP contribution is -2.33. The molecule has 0 radical (unpaired) electrons. The van der Waals surface area contributed by atoms with Crippen molar-refractivity contribution in [2.24, 2.45) is 21.7 Å². The van der Waals surface area contributed by atoms with Crippen LogP contribution in [-0.4, -0.2) is 36.9 Å². The van der Waals surface area contributed by atoms with Crippen LogP contribution in [0.1, 0.15) is 95.3 Å². The molecular formula is C31H43NO7. The summed E-state index contributed by atoms with van der Waals surface area (Å²) >= 11 is 0. The van der Waals surface area contributed by atoms with E-state index in [1.165, 1.54) is 19.4 Å². The number of hydrogen-bond donors (Lipinski definition) is 1. The number of amides is 1. The quantitative estimate of drug-likeness (QED) is 0.175. The van der Waals surface area contributed by atoms with Crippen LogP contribution in [0.4, 0.5) is 4.79 Å². The molecule has 0 spiro atoms. The van der Waals surface area contributed by atoms with Crippen molar-refractivity contribution in [3.63, 3.8) is 0 Å². The lowest BCUT2D eigenvalue weighted by molar-refractivity contribution is 0.0811. The molecule has 1 heterocycles. The zero-order valence-corrected chi connectivity index (χ0v) is 24.5. The lowest BCUT2D eigenvalue weighted by Gasteiger charge is -2.31. The van der Waals surface area contributed by atoms with Crippen molar-refractivity contribution in [2.45, 2.75) is 80.1 Å². The molecule has 0 bridgehead atoms. The van der Waals surface area contributed by atoms with Crippen LogP contribution in [0.15, 0.2) is 44.5 Å². The van der Waals surface area contributed by atoms with E-state index >= 15 is 0 Å². The van der Waals surface area contributed by atoms with E-state index in [4.69, 9.17) is 9.15 Å². The summed E-state index contributed by atoms with van der Waals surface area (Å²) in [5, 5.41) is 10.7. The minimum Gasteiger partial charge on any atom is -0.507 e. The number of carbonyl (C=O) groups excluding carboxylic acids is 2. The third-order valence-corrected chi connectivity index (χ3v) is 6.84. The highest BCUT2D eigenvalue weighted by molar-refractivity contribution is 6.00. The highest BCUT2D eigenvalue weighted by atomic mass is 16.5. The molecule has 0 saturated heterocycles. The van der Waals surface area contributed by atoms with E-state index in [-0.39, 0.29) is 22.6 Å². The standard InChI is InChI=1S/C31H43NO7/c1-20(11-9-10-16-32-29(36)37-8)25-17-24(33)26(28(35)39-25)27(34)21(2)31(6,7)18-22-12-14-23(15-13-22)38-19-30(3,4)5/h12-17,20-21,33H,9-11,18-19H2,1-8H3. The summed E-state index contributed by atoms with van der Waals surface area (Å²) in [4.78, 5) is 40.8. The molecule has 0 saturated carbocycles. The normalized spacial score (nSPS) is 13.7. The molecule has 0 aliphatic carbocycles. The minimum absolute atomic E-state index is 0.0625. The first kappa shape index (κ1) is 31.8. The SMILES string of the molecule is COC(=O)N=CCCCC(C)c1cc(O)c(C(=O)C(C)C(C)(C)Cc2ccc(OCC(C)(C)C)cc2)c(=O)o1. The Labute approximate surface area is 231 Å². The maximum absolute atomic E-state index is 13.4. The first-order chi connectivity index (χ1) is 18.1. The molecule has 2 aromatic rings. The first-order valence-corrected chi connectivity index (χ1v) is 13.4. The number of unbranched alkanes of at least 4 members (excludes halogenated alkanes) is 1. The maximum Gasteiger partial charge on any atom is 0.432 e. The topological polar surface area (TPSA) is 115 Å². The fourth-order valence-electron chi connectivity index (χ4n) is 4.07. The summed E-state index contributed by atoms with van der Waals surface area (Å²) < 4.78 is 15.8. The summed E-state index contributed by atoms with van der Waals surface area (Å²) in [5.41, 5.74) is -0.547. The number of benzene rings is 1. The summed E-state index contributed by atoms with van der Waals surface area (Å²) in [6, 6.07) is 9.18. The Balaban J connectivity index is 2.07. The summed E-state index contributed by atoms with van der Waals surface area (Å²) in [7, 11) is 1.26. The van der Waals surface area contributed by atoms with Crippen LogP contribution < -0.4 is 10.4 Å². The number of methoxy groups -OCH3 is 1. The smallest absolute Gasteiger partial charge is 0.432 e. The highest BCUT2D eigenvalue weighted by Gasteiger charge is 2.35. The van der Waals surface area contributed by atoms with Gasteiger partial charge in [-0.05, 0) is 54.2 Å². The van der Waals surface area contributed by atoms with Gasteiger partial charge in [-0.1, -0.05) is 60.6 Å². The second-order valence-corrected chi connectivity index (χ2v) is 12.1. The van der Waals surface area contributed by atoms with Gasteiger partial charge in [0.15, 0.2) is 5.78 Å². The predicted octanol–water partition coefficient (Wildman–Crippen LogP) is 6.97. The van der Waals surface area contributed by atoms with E-state index in [0.717, 1.165) is 11.3 Å². The van der Waals surface area contributed by atoms with Gasteiger partial charge in [0.25, 0.3) is 0 Å². The van der Waals surface area contributed by atoms with E-state index in [9.17, 15) is 19.5 Å². The molecule has 0 fully saturated rings. The molecule has 2 atom stereocenters. The molecule has 1 aromatic heterocycles. The van der Waals surface area contributed by atoms with Gasteiger partial charge in [-0.3, -0.25) is 4.79 Å². The van der Waals surface area contributed by atoms with E-state index in [2.05, 4.69) is 30.5 Å². The molecule has 8 heteroatoms. The number of ether oxygens (including phenoxy) is 2. The Morgan fingerprint density at radius 2 is 1.74 bits per heavy atom. The van der Waals surface area contributed by atoms with Crippen molar-refractivity contribution in [3.8, 4) is 11.5 Å². The van der Waals surface area contributed by atoms with Crippen LogP contribution in [0.5, 0.6) is 11.5 Å². The predicted molar refractivity (Wildman–Crippen MR) is 152 cm³/mol. The van der Waals surface area contributed by atoms with Crippen molar-refractivity contribution in [1.82, 2.24) is 0 Å². The number of aliphatic imine (C=N–C) groups is 1. The largest absolute Gasteiger partial charge is 0.507 e. The lowest BCUT2D eigenvalue weighted by atomic mass is 9.72. The fraction of sp³-hybridized carbons (Fsp3) is 0.548. The van der Waals surface area contributed by atoms with Gasteiger partial charge in [-0.25, -0.2) is 9.59 Å². The average Bonchev–Trinajstić information content (AvgIpc) is 2.86. The van der Waals surface area contributed by atoms with Crippen LogP contribution in [0.2, 0.25) is 0 Å². The van der Waals surface area contributed by atoms with Gasteiger partial charge < -0.3 is 19.0 Å². The number of nitrogens with zero attached hydrogens (tertiary/aromatic N) is 1. The molecule has 2 unspecified atom stereocenters. The zero-order valence-electron chi connectivity index (χ0n) is 24.5. The molecule has 1 aromatic carbocycles. The number of carbonyl (C=O) groups is 2. The molecule has 214 valence electrons. The van der Waals surface area contributed by atoms with Crippen LogP contribution in [-0.2, 0) is 11.2 Å². The molecule has 39 heavy (non-hydrogen) atoms. The number of hydrogen-bond acceptors (Lipinski definition) is 7. The number of Topliss-reactive ketones (excluding diaryl/α,β-unsaturated/α-hetero) is 1. The van der Waals surface area contributed by atoms with Gasteiger partial charge in [-0.2, -0.15) is 4.99 Å². The number of aromatic hydroxyl groups is 1. The van der Waals surface area contributed by atoms with Crippen molar-refractivity contribution < 1.29 is 28.6 Å². The summed E-state index contributed by atoms with van der Waals surface area (Å²) in [6.07, 6.45) is 3.28. The monoisotopic (exact) mass is 541 g/mol. The Kier molecular flexibility index (Phi) is 11.1. The summed E-state index contributed by atoms with van der Waals surface area (Å²) in [5.74, 6) is -0.451. The molecule has 1 N–H and O–H groups in total. The fourth-order valence-corrected chi connectivity index (χ4v) is 4.07. The second-order valence-electron chi connectivity index (χ2n) is 12.1. The molecule has 8 nitrogen and oxygen atoms in total. The average molecular weight is 542 g/mol. The van der Waals surface area contributed by atoms with Crippen LogP contribution in [0, 0.1) is 16.7 Å². The second kappa shape index (κ2) is 13.6. The number of ketones is 1. The van der Waals surface area contributed by atoms with Crippen molar-refractivity contribution in [2.75, 3.05) is 13.7 Å². The van der Waals surface area contributed by atoms with Crippen molar-refractivity contribution >= 4 is 18.1 Å². The molecular weight excluding hydrogens is 498 g/mol.